The fraction of sp³-hybridized carbons (Fsp3) is 0.393. The molecule has 2 aromatic carbocycles. The Morgan fingerprint density at radius 2 is 1.76 bits per heavy atom. The van der Waals surface area contributed by atoms with Gasteiger partial charge in [-0.1, -0.05) is 31.0 Å². The van der Waals surface area contributed by atoms with Gasteiger partial charge in [-0.05, 0) is 80.7 Å². The van der Waals surface area contributed by atoms with E-state index < -0.39 is 0 Å². The maximum atomic E-state index is 12.8. The van der Waals surface area contributed by atoms with Gasteiger partial charge in [0.25, 0.3) is 5.91 Å². The summed E-state index contributed by atoms with van der Waals surface area (Å²) in [7, 11) is 0. The second-order valence-electron chi connectivity index (χ2n) is 9.61. The molecule has 0 unspecified atom stereocenters. The van der Waals surface area contributed by atoms with Crippen molar-refractivity contribution in [2.75, 3.05) is 18.4 Å². The normalized spacial score (nSPS) is 17.6. The molecule has 1 saturated heterocycles. The molecule has 1 aliphatic heterocycles. The highest BCUT2D eigenvalue weighted by molar-refractivity contribution is 6.06. The molecule has 0 spiro atoms. The van der Waals surface area contributed by atoms with Gasteiger partial charge >= 0.3 is 0 Å². The highest BCUT2D eigenvalue weighted by atomic mass is 16.2. The van der Waals surface area contributed by atoms with Gasteiger partial charge in [-0.2, -0.15) is 0 Å². The summed E-state index contributed by atoms with van der Waals surface area (Å²) < 4.78 is 0. The molecule has 176 valence electrons. The van der Waals surface area contributed by atoms with Crippen molar-refractivity contribution in [3.63, 3.8) is 0 Å². The highest BCUT2D eigenvalue weighted by Crippen LogP contribution is 2.23. The van der Waals surface area contributed by atoms with E-state index in [9.17, 15) is 9.59 Å². The van der Waals surface area contributed by atoms with Gasteiger partial charge in [0, 0.05) is 41.3 Å². The van der Waals surface area contributed by atoms with E-state index in [4.69, 9.17) is 0 Å². The van der Waals surface area contributed by atoms with Gasteiger partial charge in [0.05, 0.1) is 5.52 Å². The molecule has 5 rings (SSSR count). The Kier molecular flexibility index (Phi) is 6.86. The summed E-state index contributed by atoms with van der Waals surface area (Å²) in [5.41, 5.74) is 3.44. The molecule has 2 fully saturated rings. The summed E-state index contributed by atoms with van der Waals surface area (Å²) in [4.78, 5) is 32.1. The Hall–Kier alpha value is -3.25. The molecule has 6 nitrogen and oxygen atoms in total. The van der Waals surface area contributed by atoms with Gasteiger partial charge in [0.15, 0.2) is 0 Å². The minimum absolute atomic E-state index is 0.128. The van der Waals surface area contributed by atoms with Crippen LogP contribution in [0, 0.1) is 5.92 Å². The lowest BCUT2D eigenvalue weighted by Crippen LogP contribution is -2.42. The first-order valence-electron chi connectivity index (χ1n) is 12.4. The fourth-order valence-electron chi connectivity index (χ4n) is 5.17. The van der Waals surface area contributed by atoms with Crippen molar-refractivity contribution in [2.45, 2.75) is 51.1 Å². The van der Waals surface area contributed by atoms with Gasteiger partial charge in [-0.3, -0.25) is 19.5 Å². The zero-order chi connectivity index (χ0) is 23.3. The van der Waals surface area contributed by atoms with E-state index in [1.54, 1.807) is 6.20 Å². The SMILES string of the molecule is O=C(Nc1cccc(CN2CCC(C(=O)NC3CCCC3)CC2)c1)c1ccc2ncccc2c1. The maximum absolute atomic E-state index is 12.8. The van der Waals surface area contributed by atoms with Crippen LogP contribution in [0.3, 0.4) is 0 Å². The van der Waals surface area contributed by atoms with E-state index in [0.717, 1.165) is 67.5 Å². The average Bonchev–Trinajstić information content (AvgIpc) is 3.37. The van der Waals surface area contributed by atoms with E-state index in [0.29, 0.717) is 11.6 Å². The minimum atomic E-state index is -0.128. The summed E-state index contributed by atoms with van der Waals surface area (Å²) in [6, 6.07) is 17.8. The van der Waals surface area contributed by atoms with E-state index in [1.165, 1.54) is 12.8 Å². The van der Waals surface area contributed by atoms with E-state index in [2.05, 4.69) is 26.6 Å². The molecule has 1 saturated carbocycles. The molecule has 2 aliphatic rings. The number of carbonyl (C=O) groups is 2. The molecule has 2 N–H and O–H groups in total. The van der Waals surface area contributed by atoms with Crippen molar-refractivity contribution in [3.05, 3.63) is 71.9 Å². The molecular formula is C28H32N4O2. The number of rotatable bonds is 6. The van der Waals surface area contributed by atoms with Crippen LogP contribution in [0.15, 0.2) is 60.8 Å². The van der Waals surface area contributed by atoms with Crippen LogP contribution >= 0.6 is 0 Å². The van der Waals surface area contributed by atoms with Crippen LogP contribution < -0.4 is 10.6 Å². The Labute approximate surface area is 200 Å². The lowest BCUT2D eigenvalue weighted by molar-refractivity contribution is -0.127. The van der Waals surface area contributed by atoms with E-state index >= 15 is 0 Å². The second kappa shape index (κ2) is 10.3. The van der Waals surface area contributed by atoms with Crippen molar-refractivity contribution < 1.29 is 9.59 Å². The molecule has 0 bridgehead atoms. The van der Waals surface area contributed by atoms with Crippen LogP contribution in [0.2, 0.25) is 0 Å². The number of benzene rings is 2. The Balaban J connectivity index is 1.14. The Bertz CT molecular complexity index is 1160. The number of nitrogens with zero attached hydrogens (tertiary/aromatic N) is 2. The molecule has 0 radical (unpaired) electrons. The number of amides is 2. The van der Waals surface area contributed by atoms with Gasteiger partial charge in [0.2, 0.25) is 5.91 Å². The zero-order valence-electron chi connectivity index (χ0n) is 19.5. The predicted molar refractivity (Wildman–Crippen MR) is 135 cm³/mol. The van der Waals surface area contributed by atoms with Gasteiger partial charge in [-0.25, -0.2) is 0 Å². The van der Waals surface area contributed by atoms with Gasteiger partial charge in [0.1, 0.15) is 0 Å². The number of carbonyl (C=O) groups excluding carboxylic acids is 2. The highest BCUT2D eigenvalue weighted by Gasteiger charge is 2.27. The summed E-state index contributed by atoms with van der Waals surface area (Å²) in [6.07, 6.45) is 8.31. The third kappa shape index (κ3) is 5.45. The molecular weight excluding hydrogens is 424 g/mol. The number of hydrogen-bond acceptors (Lipinski definition) is 4. The zero-order valence-corrected chi connectivity index (χ0v) is 19.5. The van der Waals surface area contributed by atoms with Crippen LogP contribution in [-0.2, 0) is 11.3 Å². The van der Waals surface area contributed by atoms with Crippen LogP contribution in [0.1, 0.15) is 54.4 Å². The first-order valence-corrected chi connectivity index (χ1v) is 12.4. The number of anilines is 1. The number of fused-ring (bicyclic) bond motifs is 1. The largest absolute Gasteiger partial charge is 0.353 e. The number of hydrogen-bond donors (Lipinski definition) is 2. The fourth-order valence-corrected chi connectivity index (χ4v) is 5.17. The van der Waals surface area contributed by atoms with Crippen molar-refractivity contribution >= 4 is 28.4 Å². The number of aromatic nitrogens is 1. The monoisotopic (exact) mass is 456 g/mol. The summed E-state index contributed by atoms with van der Waals surface area (Å²) >= 11 is 0. The molecule has 6 heteroatoms. The van der Waals surface area contributed by atoms with Crippen molar-refractivity contribution in [2.24, 2.45) is 5.92 Å². The van der Waals surface area contributed by atoms with Crippen molar-refractivity contribution in [1.29, 1.82) is 0 Å². The molecule has 2 amide bonds. The first-order chi connectivity index (χ1) is 16.6. The van der Waals surface area contributed by atoms with E-state index in [-0.39, 0.29) is 17.7 Å². The van der Waals surface area contributed by atoms with Crippen LogP contribution in [-0.4, -0.2) is 40.8 Å². The number of nitrogens with one attached hydrogen (secondary N) is 2. The second-order valence-corrected chi connectivity index (χ2v) is 9.61. The smallest absolute Gasteiger partial charge is 0.255 e. The van der Waals surface area contributed by atoms with Crippen LogP contribution in [0.5, 0.6) is 0 Å². The quantitative estimate of drug-likeness (QED) is 0.561. The summed E-state index contributed by atoms with van der Waals surface area (Å²) in [5.74, 6) is 0.261. The topological polar surface area (TPSA) is 74.3 Å². The summed E-state index contributed by atoms with van der Waals surface area (Å²) in [6.45, 7) is 2.66. The molecule has 3 aromatic rings. The van der Waals surface area contributed by atoms with Crippen LogP contribution in [0.25, 0.3) is 10.9 Å². The van der Waals surface area contributed by atoms with Gasteiger partial charge < -0.3 is 10.6 Å². The Morgan fingerprint density at radius 3 is 2.59 bits per heavy atom. The van der Waals surface area contributed by atoms with E-state index in [1.807, 2.05) is 48.5 Å². The van der Waals surface area contributed by atoms with Crippen molar-refractivity contribution in [3.8, 4) is 0 Å². The standard InChI is InChI=1S/C28H32N4O2/c33-27(30-24-7-1-2-8-24)21-12-15-32(16-13-21)19-20-5-3-9-25(17-20)31-28(34)23-10-11-26-22(18-23)6-4-14-29-26/h3-6,9-11,14,17-18,21,24H,1-2,7-8,12-13,15-16,19H2,(H,30,33)(H,31,34). The average molecular weight is 457 g/mol. The lowest BCUT2D eigenvalue weighted by atomic mass is 9.95. The minimum Gasteiger partial charge on any atom is -0.353 e. The van der Waals surface area contributed by atoms with Gasteiger partial charge in [-0.15, -0.1) is 0 Å². The van der Waals surface area contributed by atoms with Crippen molar-refractivity contribution in [1.82, 2.24) is 15.2 Å². The maximum Gasteiger partial charge on any atom is 0.255 e. The number of pyridine rings is 1. The summed E-state index contributed by atoms with van der Waals surface area (Å²) in [5, 5.41) is 7.24. The molecule has 1 aliphatic carbocycles. The molecule has 0 atom stereocenters. The molecule has 2 heterocycles. The molecule has 34 heavy (non-hydrogen) atoms. The lowest BCUT2D eigenvalue weighted by Gasteiger charge is -2.32. The number of piperidine rings is 1. The predicted octanol–water partition coefficient (Wildman–Crippen LogP) is 4.76. The number of likely N-dealkylation sites (tertiary alicyclic amines) is 1. The van der Waals surface area contributed by atoms with Crippen LogP contribution in [0.4, 0.5) is 5.69 Å². The third-order valence-corrected chi connectivity index (χ3v) is 7.12. The first kappa shape index (κ1) is 22.5. The Morgan fingerprint density at radius 1 is 0.941 bits per heavy atom. The third-order valence-electron chi connectivity index (χ3n) is 7.12. The molecule has 1 aromatic heterocycles.